The zero-order valence-corrected chi connectivity index (χ0v) is 15.3. The van der Waals surface area contributed by atoms with Crippen molar-refractivity contribution >= 4 is 17.4 Å². The van der Waals surface area contributed by atoms with Crippen molar-refractivity contribution in [3.05, 3.63) is 83.9 Å². The van der Waals surface area contributed by atoms with E-state index in [2.05, 4.69) is 17.4 Å². The molecule has 0 spiro atoms. The van der Waals surface area contributed by atoms with Gasteiger partial charge in [-0.1, -0.05) is 42.5 Å². The smallest absolute Gasteiger partial charge is 0.228 e. The van der Waals surface area contributed by atoms with E-state index >= 15 is 0 Å². The largest absolute Gasteiger partial charge is 0.489 e. The van der Waals surface area contributed by atoms with Crippen molar-refractivity contribution in [3.8, 4) is 16.9 Å². The lowest BCUT2D eigenvalue weighted by molar-refractivity contribution is -0.117. The number of amides is 1. The second-order valence-corrected chi connectivity index (χ2v) is 6.88. The number of ether oxygens (including phenoxy) is 1. The van der Waals surface area contributed by atoms with Gasteiger partial charge in [0.2, 0.25) is 5.91 Å². The van der Waals surface area contributed by atoms with Crippen molar-refractivity contribution in [2.24, 2.45) is 5.73 Å². The van der Waals surface area contributed by atoms with Gasteiger partial charge in [-0.05, 0) is 47.0 Å². The molecule has 1 amide bonds. The number of nitrogens with one attached hydrogen (secondary N) is 2. The molecule has 3 aromatic rings. The fourth-order valence-corrected chi connectivity index (χ4v) is 3.40. The first-order chi connectivity index (χ1) is 13.6. The number of carbonyl (C=O) groups is 1. The van der Waals surface area contributed by atoms with Crippen LogP contribution in [0.5, 0.6) is 5.75 Å². The molecule has 5 nitrogen and oxygen atoms in total. The Hall–Kier alpha value is -3.60. The quantitative estimate of drug-likeness (QED) is 0.468. The molecular formula is C23H21N3O2. The topological polar surface area (TPSA) is 88.2 Å². The molecule has 0 saturated carbocycles. The van der Waals surface area contributed by atoms with Crippen LogP contribution < -0.4 is 15.8 Å². The average molecular weight is 371 g/mol. The summed E-state index contributed by atoms with van der Waals surface area (Å²) in [6.45, 7) is 0. The zero-order chi connectivity index (χ0) is 19.5. The molecule has 1 aliphatic rings. The number of nitrogens with two attached hydrogens (primary N) is 1. The molecule has 3 aromatic carbocycles. The molecule has 0 bridgehead atoms. The molecule has 140 valence electrons. The molecule has 0 aromatic heterocycles. The highest BCUT2D eigenvalue weighted by Crippen LogP contribution is 2.31. The van der Waals surface area contributed by atoms with Crippen molar-refractivity contribution in [3.63, 3.8) is 0 Å². The first-order valence-electron chi connectivity index (χ1n) is 9.18. The number of fused-ring (bicyclic) bond motifs is 1. The van der Waals surface area contributed by atoms with Gasteiger partial charge in [-0.25, -0.2) is 0 Å². The predicted molar refractivity (Wildman–Crippen MR) is 111 cm³/mol. The van der Waals surface area contributed by atoms with Gasteiger partial charge >= 0.3 is 0 Å². The van der Waals surface area contributed by atoms with Gasteiger partial charge in [0, 0.05) is 17.7 Å². The van der Waals surface area contributed by atoms with E-state index in [1.54, 1.807) is 6.07 Å². The van der Waals surface area contributed by atoms with Gasteiger partial charge in [0.25, 0.3) is 0 Å². The Morgan fingerprint density at radius 3 is 2.46 bits per heavy atom. The fourth-order valence-electron chi connectivity index (χ4n) is 3.40. The van der Waals surface area contributed by atoms with E-state index < -0.39 is 0 Å². The van der Waals surface area contributed by atoms with Crippen LogP contribution in [0.4, 0.5) is 5.69 Å². The van der Waals surface area contributed by atoms with Crippen molar-refractivity contribution in [2.45, 2.75) is 18.9 Å². The lowest BCUT2D eigenvalue weighted by Gasteiger charge is -2.11. The summed E-state index contributed by atoms with van der Waals surface area (Å²) >= 11 is 0. The minimum Gasteiger partial charge on any atom is -0.489 e. The maximum atomic E-state index is 12.4. The van der Waals surface area contributed by atoms with E-state index in [-0.39, 0.29) is 24.3 Å². The van der Waals surface area contributed by atoms with Gasteiger partial charge in [-0.15, -0.1) is 0 Å². The summed E-state index contributed by atoms with van der Waals surface area (Å²) in [5.74, 6) is 0.704. The van der Waals surface area contributed by atoms with Crippen LogP contribution in [0.3, 0.4) is 0 Å². The van der Waals surface area contributed by atoms with Crippen molar-refractivity contribution in [1.82, 2.24) is 0 Å². The highest BCUT2D eigenvalue weighted by atomic mass is 16.5. The summed E-state index contributed by atoms with van der Waals surface area (Å²) in [4.78, 5) is 12.4. The first-order valence-corrected chi connectivity index (χ1v) is 9.18. The van der Waals surface area contributed by atoms with Crippen molar-refractivity contribution < 1.29 is 9.53 Å². The number of amidine groups is 1. The van der Waals surface area contributed by atoms with Crippen LogP contribution in [0, 0.1) is 5.41 Å². The molecule has 1 heterocycles. The van der Waals surface area contributed by atoms with Gasteiger partial charge in [-0.3, -0.25) is 10.2 Å². The Balaban J connectivity index is 1.35. The Bertz CT molecular complexity index is 1010. The predicted octanol–water partition coefficient (Wildman–Crippen LogP) is 3.97. The van der Waals surface area contributed by atoms with E-state index in [9.17, 15) is 4.79 Å². The van der Waals surface area contributed by atoms with E-state index in [4.69, 9.17) is 15.9 Å². The molecule has 1 atom stereocenters. The number of anilines is 1. The summed E-state index contributed by atoms with van der Waals surface area (Å²) in [5.41, 5.74) is 10.2. The molecule has 0 fully saturated rings. The summed E-state index contributed by atoms with van der Waals surface area (Å²) in [7, 11) is 0. The van der Waals surface area contributed by atoms with Crippen LogP contribution in [0.1, 0.15) is 17.5 Å². The minimum absolute atomic E-state index is 0.0305. The van der Waals surface area contributed by atoms with E-state index in [1.807, 2.05) is 54.6 Å². The molecule has 1 unspecified atom stereocenters. The third kappa shape index (κ3) is 3.88. The second kappa shape index (κ2) is 7.56. The van der Waals surface area contributed by atoms with E-state index in [1.165, 1.54) is 0 Å². The maximum absolute atomic E-state index is 12.4. The zero-order valence-electron chi connectivity index (χ0n) is 15.3. The fraction of sp³-hybridized carbons (Fsp3) is 0.130. The summed E-state index contributed by atoms with van der Waals surface area (Å²) < 4.78 is 5.85. The minimum atomic E-state index is -0.208. The third-order valence-electron chi connectivity index (χ3n) is 4.80. The molecule has 1 aliphatic heterocycles. The number of nitrogen functional groups attached to an aromatic ring is 1. The van der Waals surface area contributed by atoms with Gasteiger partial charge in [0.05, 0.1) is 6.42 Å². The van der Waals surface area contributed by atoms with Gasteiger partial charge in [-0.2, -0.15) is 0 Å². The van der Waals surface area contributed by atoms with Crippen molar-refractivity contribution in [2.75, 3.05) is 5.32 Å². The van der Waals surface area contributed by atoms with Gasteiger partial charge in [0.1, 0.15) is 17.7 Å². The van der Waals surface area contributed by atoms with E-state index in [0.29, 0.717) is 12.0 Å². The highest BCUT2D eigenvalue weighted by Gasteiger charge is 2.25. The summed E-state index contributed by atoms with van der Waals surface area (Å²) in [6.07, 6.45) is 0.697. The Morgan fingerprint density at radius 1 is 1.04 bits per heavy atom. The molecule has 4 rings (SSSR count). The van der Waals surface area contributed by atoms with Gasteiger partial charge in [0.15, 0.2) is 0 Å². The number of benzene rings is 3. The summed E-state index contributed by atoms with van der Waals surface area (Å²) in [6, 6.07) is 23.3. The molecular weight excluding hydrogens is 350 g/mol. The number of rotatable bonds is 5. The average Bonchev–Trinajstić information content (AvgIpc) is 3.10. The van der Waals surface area contributed by atoms with Gasteiger partial charge < -0.3 is 15.8 Å². The number of hydrogen-bond donors (Lipinski definition) is 3. The third-order valence-corrected chi connectivity index (χ3v) is 4.80. The molecule has 28 heavy (non-hydrogen) atoms. The maximum Gasteiger partial charge on any atom is 0.228 e. The normalized spacial score (nSPS) is 14.8. The Kier molecular flexibility index (Phi) is 4.81. The molecule has 4 N–H and O–H groups in total. The number of carbonyl (C=O) groups excluding carboxylic acids is 1. The second-order valence-electron chi connectivity index (χ2n) is 6.88. The van der Waals surface area contributed by atoms with Crippen LogP contribution in [-0.2, 0) is 11.2 Å². The first kappa shape index (κ1) is 17.8. The van der Waals surface area contributed by atoms with Crippen molar-refractivity contribution in [1.29, 1.82) is 5.41 Å². The van der Waals surface area contributed by atoms with Crippen LogP contribution in [0.25, 0.3) is 11.1 Å². The SMILES string of the molecule is N=C(N)c1ccc2c(c1)CC(CC(=O)Nc1ccc(-c3ccccc3)cc1)O2. The summed E-state index contributed by atoms with van der Waals surface area (Å²) in [5, 5.41) is 10.5. The standard InChI is InChI=1S/C23H21N3O2/c24-23(25)17-8-11-21-18(12-17)13-20(28-21)14-22(27)26-19-9-6-16(7-10-19)15-4-2-1-3-5-15/h1-12,20H,13-14H2,(H3,24,25)(H,26,27). The van der Waals surface area contributed by atoms with Crippen LogP contribution in [0.2, 0.25) is 0 Å². The van der Waals surface area contributed by atoms with Crippen LogP contribution in [0.15, 0.2) is 72.8 Å². The lowest BCUT2D eigenvalue weighted by Crippen LogP contribution is -2.23. The monoisotopic (exact) mass is 371 g/mol. The molecule has 0 radical (unpaired) electrons. The lowest BCUT2D eigenvalue weighted by atomic mass is 10.0. The highest BCUT2D eigenvalue weighted by molar-refractivity contribution is 5.95. The molecule has 0 aliphatic carbocycles. The van der Waals surface area contributed by atoms with Crippen LogP contribution >= 0.6 is 0 Å². The molecule has 5 heteroatoms. The Morgan fingerprint density at radius 2 is 1.75 bits per heavy atom. The van der Waals surface area contributed by atoms with Crippen LogP contribution in [-0.4, -0.2) is 17.8 Å². The molecule has 0 saturated heterocycles. The van der Waals surface area contributed by atoms with E-state index in [0.717, 1.165) is 28.1 Å². The number of hydrogen-bond acceptors (Lipinski definition) is 3. The Labute approximate surface area is 163 Å².